The summed E-state index contributed by atoms with van der Waals surface area (Å²) >= 11 is 11.9. The Labute approximate surface area is 195 Å². The molecule has 9 heteroatoms. The van der Waals surface area contributed by atoms with E-state index >= 15 is 0 Å². The van der Waals surface area contributed by atoms with Crippen molar-refractivity contribution < 1.29 is 18.8 Å². The highest BCUT2D eigenvalue weighted by molar-refractivity contribution is 6.42. The lowest BCUT2D eigenvalue weighted by Crippen LogP contribution is -2.41. The van der Waals surface area contributed by atoms with E-state index in [0.29, 0.717) is 53.2 Å². The molecule has 1 N–H and O–H groups in total. The van der Waals surface area contributed by atoms with E-state index in [1.165, 1.54) is 0 Å². The molecule has 4 rings (SSSR count). The van der Waals surface area contributed by atoms with Gasteiger partial charge in [0.25, 0.3) is 5.91 Å². The molecule has 0 aliphatic carbocycles. The number of ether oxygens (including phenoxy) is 1. The van der Waals surface area contributed by atoms with E-state index < -0.39 is 0 Å². The third-order valence-electron chi connectivity index (χ3n) is 5.44. The minimum atomic E-state index is -0.224. The van der Waals surface area contributed by atoms with Crippen molar-refractivity contribution in [1.29, 1.82) is 0 Å². The van der Waals surface area contributed by atoms with E-state index in [1.807, 2.05) is 24.3 Å². The summed E-state index contributed by atoms with van der Waals surface area (Å²) in [4.78, 5) is 27.2. The number of nitrogens with zero attached hydrogens (tertiary/aromatic N) is 2. The van der Waals surface area contributed by atoms with Crippen LogP contribution in [-0.4, -0.2) is 42.1 Å². The van der Waals surface area contributed by atoms with E-state index in [-0.39, 0.29) is 23.4 Å². The number of para-hydroxylation sites is 1. The number of hydrogen-bond acceptors (Lipinski definition) is 5. The molecule has 0 atom stereocenters. The number of carbonyl (C=O) groups excluding carboxylic acids is 2. The molecular formula is C23H21Cl2N3O4. The first-order valence-corrected chi connectivity index (χ1v) is 10.9. The molecule has 2 amide bonds. The van der Waals surface area contributed by atoms with Crippen LogP contribution < -0.4 is 10.1 Å². The number of amides is 2. The van der Waals surface area contributed by atoms with Gasteiger partial charge in [0.2, 0.25) is 5.91 Å². The second-order valence-electron chi connectivity index (χ2n) is 7.46. The monoisotopic (exact) mass is 473 g/mol. The van der Waals surface area contributed by atoms with Crippen LogP contribution in [0.1, 0.15) is 23.3 Å². The molecular weight excluding hydrogens is 453 g/mol. The quantitative estimate of drug-likeness (QED) is 0.553. The van der Waals surface area contributed by atoms with Gasteiger partial charge in [-0.25, -0.2) is 0 Å². The van der Waals surface area contributed by atoms with Crippen LogP contribution in [0.5, 0.6) is 5.75 Å². The predicted octanol–water partition coefficient (Wildman–Crippen LogP) is 5.15. The Morgan fingerprint density at radius 1 is 1.09 bits per heavy atom. The van der Waals surface area contributed by atoms with Gasteiger partial charge in [-0.3, -0.25) is 9.59 Å². The van der Waals surface area contributed by atoms with E-state index in [9.17, 15) is 9.59 Å². The zero-order valence-corrected chi connectivity index (χ0v) is 18.8. The van der Waals surface area contributed by atoms with Gasteiger partial charge in [-0.05, 0) is 43.2 Å². The normalized spacial score (nSPS) is 14.3. The van der Waals surface area contributed by atoms with Crippen LogP contribution in [0.3, 0.4) is 0 Å². The third-order valence-corrected chi connectivity index (χ3v) is 6.18. The molecule has 1 aliphatic heterocycles. The molecule has 0 saturated carbocycles. The lowest BCUT2D eigenvalue weighted by Gasteiger charge is -2.30. The van der Waals surface area contributed by atoms with E-state index in [2.05, 4.69) is 10.5 Å². The fourth-order valence-electron chi connectivity index (χ4n) is 3.68. The van der Waals surface area contributed by atoms with Crippen LogP contribution in [0.2, 0.25) is 10.0 Å². The molecule has 1 saturated heterocycles. The number of rotatable bonds is 5. The zero-order chi connectivity index (χ0) is 22.7. The first kappa shape index (κ1) is 22.2. The number of nitrogens with one attached hydrogen (secondary N) is 1. The van der Waals surface area contributed by atoms with Crippen LogP contribution in [0.25, 0.3) is 11.3 Å². The summed E-state index contributed by atoms with van der Waals surface area (Å²) in [6.45, 7) is 0.907. The summed E-state index contributed by atoms with van der Waals surface area (Å²) in [5.41, 5.74) is 1.54. The van der Waals surface area contributed by atoms with Crippen LogP contribution >= 0.6 is 23.2 Å². The summed E-state index contributed by atoms with van der Waals surface area (Å²) in [6, 6.07) is 13.9. The molecule has 32 heavy (non-hydrogen) atoms. The van der Waals surface area contributed by atoms with Crippen molar-refractivity contribution in [2.45, 2.75) is 12.8 Å². The van der Waals surface area contributed by atoms with Gasteiger partial charge in [-0.2, -0.15) is 0 Å². The van der Waals surface area contributed by atoms with Crippen molar-refractivity contribution in [3.8, 4) is 17.1 Å². The Bertz CT molecular complexity index is 1140. The number of piperidine rings is 1. The Kier molecular flexibility index (Phi) is 6.67. The Morgan fingerprint density at radius 2 is 1.84 bits per heavy atom. The highest BCUT2D eigenvalue weighted by atomic mass is 35.5. The number of aromatic nitrogens is 1. The van der Waals surface area contributed by atoms with Crippen molar-refractivity contribution >= 4 is 40.7 Å². The van der Waals surface area contributed by atoms with Crippen LogP contribution in [-0.2, 0) is 4.79 Å². The van der Waals surface area contributed by atoms with Gasteiger partial charge < -0.3 is 19.5 Å². The molecule has 2 aromatic carbocycles. The number of carbonyl (C=O) groups is 2. The lowest BCUT2D eigenvalue weighted by atomic mass is 9.95. The Hall–Kier alpha value is -3.03. The molecule has 0 radical (unpaired) electrons. The van der Waals surface area contributed by atoms with Crippen molar-refractivity contribution in [3.63, 3.8) is 0 Å². The van der Waals surface area contributed by atoms with Crippen molar-refractivity contribution in [1.82, 2.24) is 10.1 Å². The highest BCUT2D eigenvalue weighted by Crippen LogP contribution is 2.31. The maximum atomic E-state index is 12.9. The predicted molar refractivity (Wildman–Crippen MR) is 122 cm³/mol. The average molecular weight is 474 g/mol. The van der Waals surface area contributed by atoms with Gasteiger partial charge in [0.15, 0.2) is 11.5 Å². The van der Waals surface area contributed by atoms with E-state index in [4.69, 9.17) is 32.5 Å². The number of halogens is 2. The second kappa shape index (κ2) is 9.63. The summed E-state index contributed by atoms with van der Waals surface area (Å²) in [7, 11) is 1.57. The van der Waals surface area contributed by atoms with E-state index in [0.717, 1.165) is 5.56 Å². The summed E-state index contributed by atoms with van der Waals surface area (Å²) in [5, 5.41) is 7.62. The molecule has 3 aromatic rings. The topological polar surface area (TPSA) is 84.7 Å². The fourth-order valence-corrected chi connectivity index (χ4v) is 3.97. The summed E-state index contributed by atoms with van der Waals surface area (Å²) in [5.74, 6) is 0.571. The van der Waals surface area contributed by atoms with Gasteiger partial charge in [0, 0.05) is 30.8 Å². The molecule has 0 unspecified atom stereocenters. The molecule has 2 heterocycles. The number of anilines is 1. The average Bonchev–Trinajstić information content (AvgIpc) is 3.31. The number of methoxy groups -OCH3 is 1. The lowest BCUT2D eigenvalue weighted by molar-refractivity contribution is -0.121. The largest absolute Gasteiger partial charge is 0.496 e. The Morgan fingerprint density at radius 3 is 2.56 bits per heavy atom. The minimum absolute atomic E-state index is 0.101. The first-order valence-electron chi connectivity index (χ1n) is 10.1. The van der Waals surface area contributed by atoms with E-state index in [1.54, 1.807) is 36.3 Å². The highest BCUT2D eigenvalue weighted by Gasteiger charge is 2.29. The molecule has 1 aromatic heterocycles. The van der Waals surface area contributed by atoms with Crippen LogP contribution in [0.4, 0.5) is 5.69 Å². The van der Waals surface area contributed by atoms with Gasteiger partial charge in [0.1, 0.15) is 5.75 Å². The molecule has 0 bridgehead atoms. The standard InChI is InChI=1S/C23H21Cl2N3O4/c1-31-20-5-3-2-4-16(20)21-13-19(27-32-21)23(30)28-10-8-14(9-11-28)22(29)26-15-6-7-17(24)18(25)12-15/h2-7,12-14H,8-11H2,1H3,(H,26,29). The van der Waals surface area contributed by atoms with Crippen molar-refractivity contribution in [3.05, 3.63) is 64.3 Å². The zero-order valence-electron chi connectivity index (χ0n) is 17.3. The number of benzene rings is 2. The maximum absolute atomic E-state index is 12.9. The van der Waals surface area contributed by atoms with Crippen LogP contribution in [0.15, 0.2) is 53.1 Å². The molecule has 1 fully saturated rings. The smallest absolute Gasteiger partial charge is 0.276 e. The first-order chi connectivity index (χ1) is 15.5. The number of likely N-dealkylation sites (tertiary alicyclic amines) is 1. The minimum Gasteiger partial charge on any atom is -0.496 e. The summed E-state index contributed by atoms with van der Waals surface area (Å²) < 4.78 is 10.7. The molecule has 0 spiro atoms. The third kappa shape index (κ3) is 4.74. The Balaban J connectivity index is 1.36. The van der Waals surface area contributed by atoms with Gasteiger partial charge in [0.05, 0.1) is 22.7 Å². The fraction of sp³-hybridized carbons (Fsp3) is 0.261. The number of hydrogen-bond donors (Lipinski definition) is 1. The van der Waals surface area contributed by atoms with Gasteiger partial charge in [-0.1, -0.05) is 40.5 Å². The second-order valence-corrected chi connectivity index (χ2v) is 8.28. The van der Waals surface area contributed by atoms with Crippen molar-refractivity contribution in [2.75, 3.05) is 25.5 Å². The van der Waals surface area contributed by atoms with Gasteiger partial charge >= 0.3 is 0 Å². The SMILES string of the molecule is COc1ccccc1-c1cc(C(=O)N2CCC(C(=O)Nc3ccc(Cl)c(Cl)c3)CC2)no1. The maximum Gasteiger partial charge on any atom is 0.276 e. The molecule has 166 valence electrons. The molecule has 1 aliphatic rings. The van der Waals surface area contributed by atoms with Gasteiger partial charge in [-0.15, -0.1) is 0 Å². The molecule has 7 nitrogen and oxygen atoms in total. The summed E-state index contributed by atoms with van der Waals surface area (Å²) in [6.07, 6.45) is 1.10. The van der Waals surface area contributed by atoms with Crippen molar-refractivity contribution in [2.24, 2.45) is 5.92 Å². The van der Waals surface area contributed by atoms with Crippen LogP contribution in [0, 0.1) is 5.92 Å².